The van der Waals surface area contributed by atoms with Crippen molar-refractivity contribution in [1.82, 2.24) is 5.32 Å². The van der Waals surface area contributed by atoms with Gasteiger partial charge in [-0.15, -0.1) is 0 Å². The van der Waals surface area contributed by atoms with Gasteiger partial charge in [-0.05, 0) is 22.4 Å². The Morgan fingerprint density at radius 3 is 3.25 bits per heavy atom. The quantitative estimate of drug-likeness (QED) is 0.703. The van der Waals surface area contributed by atoms with E-state index in [0.29, 0.717) is 6.61 Å². The lowest BCUT2D eigenvalue weighted by Crippen LogP contribution is -2.39. The molecule has 4 heteroatoms. The molecule has 1 saturated heterocycles. The van der Waals surface area contributed by atoms with E-state index in [9.17, 15) is 4.79 Å². The predicted octanol–water partition coefficient (Wildman–Crippen LogP) is 0.936. The lowest BCUT2D eigenvalue weighted by molar-refractivity contribution is -0.131. The zero-order valence-corrected chi connectivity index (χ0v) is 7.26. The van der Waals surface area contributed by atoms with Gasteiger partial charge < -0.3 is 10.1 Å². The fourth-order valence-corrected chi connectivity index (χ4v) is 1.91. The van der Waals surface area contributed by atoms with E-state index in [1.807, 2.05) is 16.8 Å². The molecular weight excluding hydrogens is 174 g/mol. The average molecular weight is 183 g/mol. The lowest BCUT2D eigenvalue weighted by Gasteiger charge is -2.22. The molecule has 1 aromatic rings. The van der Waals surface area contributed by atoms with Gasteiger partial charge in [-0.1, -0.05) is 0 Å². The third-order valence-electron chi connectivity index (χ3n) is 1.80. The first kappa shape index (κ1) is 7.76. The molecule has 12 heavy (non-hydrogen) atoms. The van der Waals surface area contributed by atoms with Crippen LogP contribution in [-0.4, -0.2) is 19.1 Å². The van der Waals surface area contributed by atoms with Crippen LogP contribution in [-0.2, 0) is 9.53 Å². The van der Waals surface area contributed by atoms with E-state index < -0.39 is 0 Å². The Morgan fingerprint density at radius 2 is 2.58 bits per heavy atom. The second kappa shape index (κ2) is 3.25. The fourth-order valence-electron chi connectivity index (χ4n) is 1.20. The van der Waals surface area contributed by atoms with E-state index in [4.69, 9.17) is 4.74 Å². The Bertz CT molecular complexity index is 271. The first-order valence-electron chi connectivity index (χ1n) is 3.75. The minimum atomic E-state index is -0.0301. The van der Waals surface area contributed by atoms with Crippen LogP contribution in [0.1, 0.15) is 11.6 Å². The van der Waals surface area contributed by atoms with Crippen LogP contribution in [0.15, 0.2) is 16.8 Å². The Kier molecular flexibility index (Phi) is 2.10. The lowest BCUT2D eigenvalue weighted by atomic mass is 10.1. The molecule has 3 nitrogen and oxygen atoms in total. The molecule has 1 amide bonds. The van der Waals surface area contributed by atoms with Gasteiger partial charge in [0.05, 0.1) is 12.6 Å². The Balaban J connectivity index is 2.09. The largest absolute Gasteiger partial charge is 0.369 e. The minimum absolute atomic E-state index is 0.0301. The van der Waals surface area contributed by atoms with Crippen molar-refractivity contribution in [1.29, 1.82) is 0 Å². The SMILES string of the molecule is O=C1COCC(c2ccsc2)N1. The Morgan fingerprint density at radius 1 is 1.67 bits per heavy atom. The molecule has 1 unspecified atom stereocenters. The number of carbonyl (C=O) groups is 1. The summed E-state index contributed by atoms with van der Waals surface area (Å²) in [6, 6.07) is 2.06. The molecule has 0 radical (unpaired) electrons. The van der Waals surface area contributed by atoms with Gasteiger partial charge in [0.25, 0.3) is 0 Å². The summed E-state index contributed by atoms with van der Waals surface area (Å²) >= 11 is 1.63. The summed E-state index contributed by atoms with van der Waals surface area (Å²) in [6.45, 7) is 0.781. The van der Waals surface area contributed by atoms with Crippen molar-refractivity contribution < 1.29 is 9.53 Å². The van der Waals surface area contributed by atoms with Crippen LogP contribution < -0.4 is 5.32 Å². The number of hydrogen-bond donors (Lipinski definition) is 1. The number of nitrogens with one attached hydrogen (secondary N) is 1. The van der Waals surface area contributed by atoms with Gasteiger partial charge in [-0.2, -0.15) is 11.3 Å². The highest BCUT2D eigenvalue weighted by atomic mass is 32.1. The van der Waals surface area contributed by atoms with Crippen LogP contribution >= 0.6 is 11.3 Å². The van der Waals surface area contributed by atoms with Gasteiger partial charge in [0.1, 0.15) is 6.61 Å². The van der Waals surface area contributed by atoms with Crippen molar-refractivity contribution in [3.05, 3.63) is 22.4 Å². The number of carbonyl (C=O) groups excluding carboxylic acids is 1. The van der Waals surface area contributed by atoms with Crippen LogP contribution in [0.2, 0.25) is 0 Å². The average Bonchev–Trinajstić information content (AvgIpc) is 2.56. The highest BCUT2D eigenvalue weighted by Gasteiger charge is 2.19. The van der Waals surface area contributed by atoms with Gasteiger partial charge in [-0.25, -0.2) is 0 Å². The zero-order chi connectivity index (χ0) is 8.39. The predicted molar refractivity (Wildman–Crippen MR) is 46.0 cm³/mol. The third kappa shape index (κ3) is 1.49. The highest BCUT2D eigenvalue weighted by molar-refractivity contribution is 7.07. The second-order valence-corrected chi connectivity index (χ2v) is 3.47. The summed E-state index contributed by atoms with van der Waals surface area (Å²) < 4.78 is 5.11. The molecule has 0 aliphatic carbocycles. The van der Waals surface area contributed by atoms with Crippen LogP contribution in [0.25, 0.3) is 0 Å². The Labute approximate surface area is 74.4 Å². The summed E-state index contributed by atoms with van der Waals surface area (Å²) in [7, 11) is 0. The summed E-state index contributed by atoms with van der Waals surface area (Å²) in [5.41, 5.74) is 1.13. The molecule has 1 atom stereocenters. The van der Waals surface area contributed by atoms with Crippen LogP contribution in [0.3, 0.4) is 0 Å². The zero-order valence-electron chi connectivity index (χ0n) is 6.45. The molecule has 0 aromatic carbocycles. The molecule has 1 aliphatic heterocycles. The van der Waals surface area contributed by atoms with E-state index in [1.54, 1.807) is 11.3 Å². The highest BCUT2D eigenvalue weighted by Crippen LogP contribution is 2.18. The summed E-state index contributed by atoms with van der Waals surface area (Å²) in [5, 5.41) is 6.89. The molecule has 0 spiro atoms. The third-order valence-corrected chi connectivity index (χ3v) is 2.50. The molecule has 2 heterocycles. The van der Waals surface area contributed by atoms with Crippen molar-refractivity contribution in [2.24, 2.45) is 0 Å². The molecule has 2 rings (SSSR count). The number of ether oxygens (including phenoxy) is 1. The van der Waals surface area contributed by atoms with Crippen LogP contribution in [0.4, 0.5) is 0 Å². The second-order valence-electron chi connectivity index (χ2n) is 2.69. The fraction of sp³-hybridized carbons (Fsp3) is 0.375. The molecule has 0 bridgehead atoms. The first-order valence-corrected chi connectivity index (χ1v) is 4.70. The molecular formula is C8H9NO2S. The van der Waals surface area contributed by atoms with Gasteiger partial charge in [-0.3, -0.25) is 4.79 Å². The molecule has 1 N–H and O–H groups in total. The molecule has 1 aromatic heterocycles. The van der Waals surface area contributed by atoms with E-state index in [0.717, 1.165) is 5.56 Å². The van der Waals surface area contributed by atoms with Gasteiger partial charge in [0.15, 0.2) is 0 Å². The van der Waals surface area contributed by atoms with Crippen LogP contribution in [0, 0.1) is 0 Å². The smallest absolute Gasteiger partial charge is 0.246 e. The standard InChI is InChI=1S/C8H9NO2S/c10-8-4-11-3-7(9-8)6-1-2-12-5-6/h1-2,5,7H,3-4H2,(H,9,10). The number of rotatable bonds is 1. The van der Waals surface area contributed by atoms with Crippen molar-refractivity contribution in [2.75, 3.05) is 13.2 Å². The maximum atomic E-state index is 10.9. The van der Waals surface area contributed by atoms with E-state index in [-0.39, 0.29) is 18.6 Å². The van der Waals surface area contributed by atoms with Crippen molar-refractivity contribution >= 4 is 17.2 Å². The normalized spacial score (nSPS) is 23.7. The summed E-state index contributed by atoms with van der Waals surface area (Å²) in [4.78, 5) is 10.9. The summed E-state index contributed by atoms with van der Waals surface area (Å²) in [6.07, 6.45) is 0. The monoisotopic (exact) mass is 183 g/mol. The molecule has 0 saturated carbocycles. The number of amides is 1. The van der Waals surface area contributed by atoms with Crippen LogP contribution in [0.5, 0.6) is 0 Å². The van der Waals surface area contributed by atoms with Crippen molar-refractivity contribution in [3.63, 3.8) is 0 Å². The van der Waals surface area contributed by atoms with E-state index in [2.05, 4.69) is 5.32 Å². The van der Waals surface area contributed by atoms with Crippen molar-refractivity contribution in [3.8, 4) is 0 Å². The topological polar surface area (TPSA) is 38.3 Å². The van der Waals surface area contributed by atoms with Gasteiger partial charge in [0.2, 0.25) is 5.91 Å². The van der Waals surface area contributed by atoms with Gasteiger partial charge in [0, 0.05) is 0 Å². The minimum Gasteiger partial charge on any atom is -0.369 e. The number of morpholine rings is 1. The maximum Gasteiger partial charge on any atom is 0.246 e. The first-order chi connectivity index (χ1) is 5.86. The Hall–Kier alpha value is -0.870. The molecule has 1 fully saturated rings. The maximum absolute atomic E-state index is 10.9. The van der Waals surface area contributed by atoms with E-state index in [1.165, 1.54) is 0 Å². The van der Waals surface area contributed by atoms with Crippen molar-refractivity contribution in [2.45, 2.75) is 6.04 Å². The van der Waals surface area contributed by atoms with Gasteiger partial charge >= 0.3 is 0 Å². The molecule has 1 aliphatic rings. The number of hydrogen-bond acceptors (Lipinski definition) is 3. The number of thiophene rings is 1. The summed E-state index contributed by atoms with van der Waals surface area (Å²) in [5.74, 6) is -0.0301. The van der Waals surface area contributed by atoms with E-state index >= 15 is 0 Å². The molecule has 64 valence electrons.